The number of benzene rings is 1. The van der Waals surface area contributed by atoms with Gasteiger partial charge in [0.2, 0.25) is 0 Å². The van der Waals surface area contributed by atoms with Gasteiger partial charge in [-0.1, -0.05) is 12.1 Å². The van der Waals surface area contributed by atoms with Crippen molar-refractivity contribution < 1.29 is 4.79 Å². The quantitative estimate of drug-likeness (QED) is 0.500. The number of thiazole rings is 1. The van der Waals surface area contributed by atoms with Gasteiger partial charge >= 0.3 is 0 Å². The molecule has 0 atom stereocenters. The first-order valence-corrected chi connectivity index (χ1v) is 10.4. The summed E-state index contributed by atoms with van der Waals surface area (Å²) in [6.07, 6.45) is 4.44. The lowest BCUT2D eigenvalue weighted by atomic mass is 9.95. The molecule has 2 aromatic heterocycles. The number of rotatable bonds is 4. The molecular weight excluding hydrogens is 376 g/mol. The van der Waals surface area contributed by atoms with Crippen LogP contribution in [-0.4, -0.2) is 10.9 Å². The Hall–Kier alpha value is -2.69. The Kier molecular flexibility index (Phi) is 4.68. The van der Waals surface area contributed by atoms with E-state index >= 15 is 0 Å². The number of carbonyl (C=O) groups is 1. The van der Waals surface area contributed by atoms with Gasteiger partial charge in [-0.2, -0.15) is 5.26 Å². The number of para-hydroxylation sites is 1. The van der Waals surface area contributed by atoms with Crippen molar-refractivity contribution in [1.29, 1.82) is 5.26 Å². The average Bonchev–Trinajstić information content (AvgIpc) is 3.21. The molecule has 0 aliphatic heterocycles. The van der Waals surface area contributed by atoms with Crippen LogP contribution in [0.15, 0.2) is 35.5 Å². The minimum Gasteiger partial charge on any atom is -0.365 e. The van der Waals surface area contributed by atoms with E-state index in [9.17, 15) is 10.1 Å². The number of hydrogen-bond acceptors (Lipinski definition) is 6. The first-order chi connectivity index (χ1) is 13.1. The maximum Gasteiger partial charge on any atom is 0.261 e. The van der Waals surface area contributed by atoms with Gasteiger partial charge in [0.15, 0.2) is 0 Å². The molecule has 0 fully saturated rings. The second-order valence-electron chi connectivity index (χ2n) is 6.50. The van der Waals surface area contributed by atoms with E-state index in [2.05, 4.69) is 11.4 Å². The van der Waals surface area contributed by atoms with Crippen LogP contribution in [0.25, 0.3) is 20.8 Å². The number of amides is 1. The summed E-state index contributed by atoms with van der Waals surface area (Å²) in [4.78, 5) is 17.7. The topological polar surface area (TPSA) is 91.8 Å². The van der Waals surface area contributed by atoms with Crippen LogP contribution < -0.4 is 11.1 Å². The monoisotopic (exact) mass is 394 g/mol. The normalized spacial score (nSPS) is 14.4. The predicted molar refractivity (Wildman–Crippen MR) is 111 cm³/mol. The molecule has 136 valence electrons. The zero-order valence-electron chi connectivity index (χ0n) is 14.8. The molecule has 0 saturated carbocycles. The molecule has 0 saturated heterocycles. The smallest absolute Gasteiger partial charge is 0.261 e. The lowest BCUT2D eigenvalue weighted by Gasteiger charge is -2.12. The van der Waals surface area contributed by atoms with Crippen molar-refractivity contribution in [3.8, 4) is 16.6 Å². The molecule has 0 bridgehead atoms. The molecule has 1 aliphatic carbocycles. The minimum atomic E-state index is -0.717. The second-order valence-corrected chi connectivity index (χ2v) is 8.64. The van der Waals surface area contributed by atoms with Gasteiger partial charge in [-0.05, 0) is 50.3 Å². The van der Waals surface area contributed by atoms with Gasteiger partial charge < -0.3 is 11.1 Å². The van der Waals surface area contributed by atoms with Crippen LogP contribution in [0.4, 0.5) is 5.00 Å². The molecule has 0 radical (unpaired) electrons. The maximum absolute atomic E-state index is 11.5. The molecule has 27 heavy (non-hydrogen) atoms. The first-order valence-electron chi connectivity index (χ1n) is 8.76. The van der Waals surface area contributed by atoms with Gasteiger partial charge in [-0.25, -0.2) is 4.98 Å². The van der Waals surface area contributed by atoms with Crippen LogP contribution in [0.3, 0.4) is 0 Å². The van der Waals surface area contributed by atoms with Crippen molar-refractivity contribution >= 4 is 43.8 Å². The van der Waals surface area contributed by atoms with E-state index < -0.39 is 5.91 Å². The summed E-state index contributed by atoms with van der Waals surface area (Å²) in [5, 5.41) is 14.4. The highest BCUT2D eigenvalue weighted by Crippen LogP contribution is 2.46. The fourth-order valence-corrected chi connectivity index (χ4v) is 5.87. The summed E-state index contributed by atoms with van der Waals surface area (Å²) in [5.41, 5.74) is 9.21. The number of anilines is 1. The lowest BCUT2D eigenvalue weighted by Crippen LogP contribution is -2.16. The fourth-order valence-electron chi connectivity index (χ4n) is 3.42. The maximum atomic E-state index is 11.5. The predicted octanol–water partition coefficient (Wildman–Crippen LogP) is 4.60. The van der Waals surface area contributed by atoms with E-state index in [0.29, 0.717) is 5.70 Å². The van der Waals surface area contributed by atoms with Gasteiger partial charge in [-0.15, -0.1) is 22.7 Å². The Morgan fingerprint density at radius 2 is 2.04 bits per heavy atom. The van der Waals surface area contributed by atoms with Crippen LogP contribution in [0.5, 0.6) is 0 Å². The summed E-state index contributed by atoms with van der Waals surface area (Å²) in [7, 11) is 0. The van der Waals surface area contributed by atoms with Crippen LogP contribution in [-0.2, 0) is 17.6 Å². The number of primary amides is 1. The number of nitrogens with zero attached hydrogens (tertiary/aromatic N) is 2. The third-order valence-electron chi connectivity index (χ3n) is 4.71. The summed E-state index contributed by atoms with van der Waals surface area (Å²) in [6.45, 7) is 1.71. The highest BCUT2D eigenvalue weighted by Gasteiger charge is 2.25. The average molecular weight is 395 g/mol. The second kappa shape index (κ2) is 7.14. The first kappa shape index (κ1) is 17.7. The van der Waals surface area contributed by atoms with E-state index in [1.807, 2.05) is 24.3 Å². The number of nitriles is 1. The Bertz CT molecular complexity index is 1080. The largest absolute Gasteiger partial charge is 0.365 e. The van der Waals surface area contributed by atoms with Gasteiger partial charge in [0, 0.05) is 16.1 Å². The molecule has 3 N–H and O–H groups in total. The number of hydrogen-bond donors (Lipinski definition) is 2. The highest BCUT2D eigenvalue weighted by atomic mass is 32.1. The summed E-state index contributed by atoms with van der Waals surface area (Å²) >= 11 is 3.37. The highest BCUT2D eigenvalue weighted by molar-refractivity contribution is 7.22. The van der Waals surface area contributed by atoms with Gasteiger partial charge in [0.1, 0.15) is 21.7 Å². The van der Waals surface area contributed by atoms with E-state index in [1.54, 1.807) is 29.6 Å². The molecular formula is C20H18N4OS2. The molecule has 0 unspecified atom stereocenters. The van der Waals surface area contributed by atoms with Crippen molar-refractivity contribution in [3.63, 3.8) is 0 Å². The number of nitrogens with one attached hydrogen (secondary N) is 1. The molecule has 1 amide bonds. The van der Waals surface area contributed by atoms with Crippen molar-refractivity contribution in [1.82, 2.24) is 4.98 Å². The zero-order chi connectivity index (χ0) is 19.0. The molecule has 7 heteroatoms. The number of fused-ring (bicyclic) bond motifs is 2. The Labute approximate surface area is 165 Å². The zero-order valence-corrected chi connectivity index (χ0v) is 16.5. The number of aromatic nitrogens is 1. The van der Waals surface area contributed by atoms with E-state index in [-0.39, 0.29) is 5.57 Å². The number of thiophene rings is 1. The van der Waals surface area contributed by atoms with Gasteiger partial charge in [-0.3, -0.25) is 4.79 Å². The van der Waals surface area contributed by atoms with E-state index in [4.69, 9.17) is 10.7 Å². The van der Waals surface area contributed by atoms with Crippen LogP contribution in [0.1, 0.15) is 30.2 Å². The van der Waals surface area contributed by atoms with Gasteiger partial charge in [0.25, 0.3) is 5.91 Å². The van der Waals surface area contributed by atoms with E-state index in [1.165, 1.54) is 23.3 Å². The van der Waals surface area contributed by atoms with E-state index in [0.717, 1.165) is 38.6 Å². The molecule has 2 heterocycles. The third-order valence-corrected chi connectivity index (χ3v) is 6.97. The summed E-state index contributed by atoms with van der Waals surface area (Å²) < 4.78 is 1.15. The number of allylic oxidation sites excluding steroid dienone is 1. The van der Waals surface area contributed by atoms with Crippen molar-refractivity contribution in [2.45, 2.75) is 32.6 Å². The van der Waals surface area contributed by atoms with Crippen LogP contribution in [0.2, 0.25) is 0 Å². The Morgan fingerprint density at radius 3 is 2.78 bits per heavy atom. The third kappa shape index (κ3) is 3.22. The number of aryl methyl sites for hydroxylation is 1. The molecule has 0 spiro atoms. The Balaban J connectivity index is 1.86. The standard InChI is InChI=1S/C20H18N4OS2/c1-11(13(10-21)18(22)25)23-19-17(12-6-2-4-8-15(12)26-19)20-24-14-7-3-5-9-16(14)27-20/h3,5,7,9,23H,2,4,6,8H2,1H3,(H2,22,25)/b13-11+. The van der Waals surface area contributed by atoms with Gasteiger partial charge in [0.05, 0.1) is 10.2 Å². The molecule has 1 aromatic carbocycles. The SMILES string of the molecule is C/C(Nc1sc2c(c1-c1nc3ccccc3s1)CCCC2)=C(/C#N)C(N)=O. The molecule has 5 nitrogen and oxygen atoms in total. The van der Waals surface area contributed by atoms with Crippen LogP contribution >= 0.6 is 22.7 Å². The van der Waals surface area contributed by atoms with Crippen molar-refractivity contribution in [2.24, 2.45) is 5.73 Å². The van der Waals surface area contributed by atoms with Crippen molar-refractivity contribution in [2.75, 3.05) is 5.32 Å². The summed E-state index contributed by atoms with van der Waals surface area (Å²) in [6, 6.07) is 10.0. The summed E-state index contributed by atoms with van der Waals surface area (Å²) in [5.74, 6) is -0.717. The number of nitrogens with two attached hydrogens (primary N) is 1. The van der Waals surface area contributed by atoms with Crippen molar-refractivity contribution in [3.05, 3.63) is 46.0 Å². The Morgan fingerprint density at radius 1 is 1.26 bits per heavy atom. The molecule has 1 aliphatic rings. The number of carbonyl (C=O) groups excluding carboxylic acids is 1. The van der Waals surface area contributed by atoms with Crippen LogP contribution in [0, 0.1) is 11.3 Å². The fraction of sp³-hybridized carbons (Fsp3) is 0.250. The lowest BCUT2D eigenvalue weighted by molar-refractivity contribution is -0.114. The minimum absolute atomic E-state index is 0.0448. The molecule has 4 rings (SSSR count). The molecule has 3 aromatic rings.